The van der Waals surface area contributed by atoms with Crippen LogP contribution in [0.3, 0.4) is 0 Å². The van der Waals surface area contributed by atoms with Crippen molar-refractivity contribution in [1.29, 1.82) is 0 Å². The number of likely N-dealkylation sites (tertiary alicyclic amines) is 1. The van der Waals surface area contributed by atoms with Gasteiger partial charge in [0.05, 0.1) is 25.0 Å². The molecular formula is C23H28N2O5. The lowest BCUT2D eigenvalue weighted by Gasteiger charge is -2.38. The second-order valence-corrected chi connectivity index (χ2v) is 8.82. The third-order valence-electron chi connectivity index (χ3n) is 6.17. The minimum atomic E-state index is -0.444. The Hall–Kier alpha value is -2.83. The van der Waals surface area contributed by atoms with E-state index in [0.29, 0.717) is 30.8 Å². The fourth-order valence-electron chi connectivity index (χ4n) is 4.66. The molecular weight excluding hydrogens is 384 g/mol. The minimum Gasteiger partial charge on any atom is -0.497 e. The van der Waals surface area contributed by atoms with E-state index in [1.54, 1.807) is 7.11 Å². The molecule has 1 fully saturated rings. The van der Waals surface area contributed by atoms with E-state index in [4.69, 9.17) is 9.47 Å². The molecule has 2 aliphatic heterocycles. The summed E-state index contributed by atoms with van der Waals surface area (Å²) in [6.07, 6.45) is 5.84. The van der Waals surface area contributed by atoms with Crippen molar-refractivity contribution in [2.45, 2.75) is 51.2 Å². The summed E-state index contributed by atoms with van der Waals surface area (Å²) in [5, 5.41) is 3.06. The second kappa shape index (κ2) is 7.78. The highest BCUT2D eigenvalue weighted by atomic mass is 16.5. The first kappa shape index (κ1) is 20.4. The smallest absolute Gasteiger partial charge is 0.233 e. The number of imide groups is 1. The zero-order chi connectivity index (χ0) is 21.5. The number of hydrogen-bond donors (Lipinski definition) is 1. The number of carbonyl (C=O) groups excluding carboxylic acids is 3. The predicted octanol–water partition coefficient (Wildman–Crippen LogP) is 2.75. The molecule has 1 N–H and O–H groups in total. The third-order valence-corrected chi connectivity index (χ3v) is 6.17. The summed E-state index contributed by atoms with van der Waals surface area (Å²) in [6, 6.07) is 5.36. The summed E-state index contributed by atoms with van der Waals surface area (Å²) in [5.74, 6) is 0.384. The zero-order valence-electron chi connectivity index (χ0n) is 17.6. The van der Waals surface area contributed by atoms with E-state index in [2.05, 4.69) is 5.32 Å². The zero-order valence-corrected chi connectivity index (χ0v) is 17.6. The Balaban J connectivity index is 1.41. The van der Waals surface area contributed by atoms with Gasteiger partial charge in [0.15, 0.2) is 0 Å². The average molecular weight is 412 g/mol. The van der Waals surface area contributed by atoms with Crippen molar-refractivity contribution in [1.82, 2.24) is 10.2 Å². The van der Waals surface area contributed by atoms with Gasteiger partial charge in [0.1, 0.15) is 17.1 Å². The minimum absolute atomic E-state index is 0.0909. The number of methoxy groups -OCH3 is 1. The molecule has 0 saturated carbocycles. The molecule has 3 aliphatic rings. The molecule has 0 radical (unpaired) electrons. The molecule has 0 spiro atoms. The van der Waals surface area contributed by atoms with Gasteiger partial charge in [-0.1, -0.05) is 12.2 Å². The maximum atomic E-state index is 12.7. The highest BCUT2D eigenvalue weighted by Gasteiger charge is 2.47. The summed E-state index contributed by atoms with van der Waals surface area (Å²) in [7, 11) is 1.60. The van der Waals surface area contributed by atoms with E-state index in [0.717, 1.165) is 5.56 Å². The lowest BCUT2D eigenvalue weighted by atomic mass is 9.85. The number of fused-ring (bicyclic) bond motifs is 2. The number of hydrogen-bond acceptors (Lipinski definition) is 5. The van der Waals surface area contributed by atoms with Crippen LogP contribution in [0.15, 0.2) is 30.4 Å². The van der Waals surface area contributed by atoms with Crippen molar-refractivity contribution in [2.24, 2.45) is 11.8 Å². The molecule has 7 nitrogen and oxygen atoms in total. The van der Waals surface area contributed by atoms with Crippen molar-refractivity contribution < 1.29 is 23.9 Å². The number of nitrogens with one attached hydrogen (secondary N) is 1. The summed E-state index contributed by atoms with van der Waals surface area (Å²) >= 11 is 0. The quantitative estimate of drug-likeness (QED) is 0.594. The summed E-state index contributed by atoms with van der Waals surface area (Å²) < 4.78 is 11.3. The van der Waals surface area contributed by atoms with Gasteiger partial charge in [-0.3, -0.25) is 19.3 Å². The van der Waals surface area contributed by atoms with Gasteiger partial charge in [-0.05, 0) is 38.8 Å². The van der Waals surface area contributed by atoms with Gasteiger partial charge in [-0.2, -0.15) is 0 Å². The van der Waals surface area contributed by atoms with Crippen LogP contribution in [0.25, 0.3) is 0 Å². The molecule has 30 heavy (non-hydrogen) atoms. The largest absolute Gasteiger partial charge is 0.497 e. The molecule has 3 amide bonds. The monoisotopic (exact) mass is 412 g/mol. The molecule has 2 heterocycles. The first-order valence-corrected chi connectivity index (χ1v) is 10.5. The Morgan fingerprint density at radius 1 is 1.20 bits per heavy atom. The number of allylic oxidation sites excluding steroid dienone is 2. The van der Waals surface area contributed by atoms with Gasteiger partial charge in [0, 0.05) is 31.0 Å². The number of ether oxygens (including phenoxy) is 2. The molecule has 1 aromatic rings. The topological polar surface area (TPSA) is 84.9 Å². The summed E-state index contributed by atoms with van der Waals surface area (Å²) in [6.45, 7) is 4.08. The van der Waals surface area contributed by atoms with Crippen LogP contribution in [0.4, 0.5) is 0 Å². The standard InChI is InChI=1S/C23H28N2O5/c1-23(2)13-18(17-9-8-14(29-3)12-19(17)30-23)24-20(26)10-11-25-21(27)15-6-4-5-7-16(15)22(25)28/h4-5,8-9,12,15-16,18H,6-7,10-11,13H2,1-3H3,(H,24,26)/t15-,16+,18-/m0/s1. The highest BCUT2D eigenvalue weighted by molar-refractivity contribution is 6.05. The normalized spacial score (nSPS) is 26.6. The van der Waals surface area contributed by atoms with Crippen molar-refractivity contribution >= 4 is 17.7 Å². The van der Waals surface area contributed by atoms with Crippen molar-refractivity contribution in [3.8, 4) is 11.5 Å². The summed E-state index contributed by atoms with van der Waals surface area (Å²) in [4.78, 5) is 39.1. The number of rotatable bonds is 5. The van der Waals surface area contributed by atoms with Crippen LogP contribution < -0.4 is 14.8 Å². The van der Waals surface area contributed by atoms with E-state index in [9.17, 15) is 14.4 Å². The molecule has 160 valence electrons. The van der Waals surface area contributed by atoms with Gasteiger partial charge in [0.2, 0.25) is 17.7 Å². The predicted molar refractivity (Wildman–Crippen MR) is 110 cm³/mol. The maximum Gasteiger partial charge on any atom is 0.233 e. The second-order valence-electron chi connectivity index (χ2n) is 8.82. The van der Waals surface area contributed by atoms with Crippen LogP contribution in [0.5, 0.6) is 11.5 Å². The fourth-order valence-corrected chi connectivity index (χ4v) is 4.66. The Labute approximate surface area is 176 Å². The van der Waals surface area contributed by atoms with E-state index >= 15 is 0 Å². The van der Waals surface area contributed by atoms with Gasteiger partial charge in [-0.25, -0.2) is 0 Å². The van der Waals surface area contributed by atoms with Crippen LogP contribution in [0, 0.1) is 11.8 Å². The van der Waals surface area contributed by atoms with Gasteiger partial charge in [0.25, 0.3) is 0 Å². The lowest BCUT2D eigenvalue weighted by Crippen LogP contribution is -2.42. The molecule has 7 heteroatoms. The first-order valence-electron chi connectivity index (χ1n) is 10.5. The van der Waals surface area contributed by atoms with E-state index in [-0.39, 0.29) is 48.6 Å². The number of benzene rings is 1. The molecule has 1 saturated heterocycles. The molecule has 1 aliphatic carbocycles. The average Bonchev–Trinajstić information content (AvgIpc) is 2.95. The Morgan fingerprint density at radius 2 is 1.87 bits per heavy atom. The van der Waals surface area contributed by atoms with Crippen molar-refractivity contribution in [3.63, 3.8) is 0 Å². The Morgan fingerprint density at radius 3 is 2.50 bits per heavy atom. The van der Waals surface area contributed by atoms with E-state index < -0.39 is 5.60 Å². The van der Waals surface area contributed by atoms with Gasteiger partial charge in [-0.15, -0.1) is 0 Å². The summed E-state index contributed by atoms with van der Waals surface area (Å²) in [5.41, 5.74) is 0.454. The van der Waals surface area contributed by atoms with Gasteiger partial charge < -0.3 is 14.8 Å². The molecule has 0 aromatic heterocycles. The Kier molecular flexibility index (Phi) is 5.30. The molecule has 4 rings (SSSR count). The molecule has 1 aromatic carbocycles. The van der Waals surface area contributed by atoms with Crippen LogP contribution in [0.2, 0.25) is 0 Å². The van der Waals surface area contributed by atoms with E-state index in [1.807, 2.05) is 44.2 Å². The van der Waals surface area contributed by atoms with Crippen molar-refractivity contribution in [2.75, 3.05) is 13.7 Å². The third kappa shape index (κ3) is 3.80. The Bertz CT molecular complexity index is 881. The first-order chi connectivity index (χ1) is 14.3. The fraction of sp³-hybridized carbons (Fsp3) is 0.522. The maximum absolute atomic E-state index is 12.7. The van der Waals surface area contributed by atoms with Crippen LogP contribution in [-0.4, -0.2) is 41.9 Å². The number of amides is 3. The molecule has 0 bridgehead atoms. The van der Waals surface area contributed by atoms with Gasteiger partial charge >= 0.3 is 0 Å². The number of carbonyl (C=O) groups is 3. The molecule has 0 unspecified atom stereocenters. The van der Waals surface area contributed by atoms with Crippen LogP contribution >= 0.6 is 0 Å². The number of nitrogens with zero attached hydrogens (tertiary/aromatic N) is 1. The highest BCUT2D eigenvalue weighted by Crippen LogP contribution is 2.41. The molecule has 3 atom stereocenters. The van der Waals surface area contributed by atoms with Crippen molar-refractivity contribution in [3.05, 3.63) is 35.9 Å². The lowest BCUT2D eigenvalue weighted by molar-refractivity contribution is -0.140. The van der Waals surface area contributed by atoms with E-state index in [1.165, 1.54) is 4.90 Å². The van der Waals surface area contributed by atoms with Crippen LogP contribution in [-0.2, 0) is 14.4 Å². The SMILES string of the molecule is COc1ccc2c(c1)OC(C)(C)C[C@@H]2NC(=O)CCN1C(=O)[C@H]2CC=CC[C@H]2C1=O. The van der Waals surface area contributed by atoms with Crippen LogP contribution in [0.1, 0.15) is 51.1 Å².